The molecule has 0 fully saturated rings. The van der Waals surface area contributed by atoms with Gasteiger partial charge in [0.2, 0.25) is 0 Å². The molecule has 6 nitrogen and oxygen atoms in total. The molecule has 2 unspecified atom stereocenters. The van der Waals surface area contributed by atoms with Gasteiger partial charge in [0.1, 0.15) is 16.3 Å². The van der Waals surface area contributed by atoms with Gasteiger partial charge in [0, 0.05) is 18.5 Å². The van der Waals surface area contributed by atoms with Crippen LogP contribution in [0.5, 0.6) is 5.75 Å². The number of imidazole rings is 1. The Labute approximate surface area is 224 Å². The van der Waals surface area contributed by atoms with Crippen molar-refractivity contribution in [3.8, 4) is 16.9 Å². The lowest BCUT2D eigenvalue weighted by molar-refractivity contribution is -0.171. The summed E-state index contributed by atoms with van der Waals surface area (Å²) in [4.78, 5) is 18.1. The van der Waals surface area contributed by atoms with E-state index in [0.717, 1.165) is 4.90 Å². The fraction of sp³-hybridized carbons (Fsp3) is 0.417. The molecule has 2 amide bonds. The second kappa shape index (κ2) is 11.5. The van der Waals surface area contributed by atoms with Crippen LogP contribution in [-0.4, -0.2) is 52.4 Å². The smallest absolute Gasteiger partial charge is 0.408 e. The van der Waals surface area contributed by atoms with Crippen LogP contribution in [0, 0.1) is 0 Å². The first-order chi connectivity index (χ1) is 17.7. The summed E-state index contributed by atoms with van der Waals surface area (Å²) in [5.74, 6) is 0.390. The van der Waals surface area contributed by atoms with Gasteiger partial charge in [-0.25, -0.2) is 9.78 Å². The Morgan fingerprint density at radius 2 is 1.87 bits per heavy atom. The van der Waals surface area contributed by atoms with Crippen LogP contribution >= 0.6 is 23.2 Å². The molecule has 14 heteroatoms. The number of fused-ring (bicyclic) bond motifs is 1. The number of nitrogens with zero attached hydrogens (tertiary/aromatic N) is 3. The zero-order valence-electron chi connectivity index (χ0n) is 20.4. The van der Waals surface area contributed by atoms with Crippen LogP contribution in [0.4, 0.5) is 31.1 Å². The Bertz CT molecular complexity index is 1300. The quantitative estimate of drug-likeness (QED) is 0.218. The van der Waals surface area contributed by atoms with Gasteiger partial charge in [0.15, 0.2) is 11.4 Å². The number of ether oxygens (including phenoxy) is 1. The first kappa shape index (κ1) is 29.7. The van der Waals surface area contributed by atoms with Crippen LogP contribution in [0.15, 0.2) is 36.5 Å². The SMILES string of the molecule is CCN(C(=O)NC(CCC(F)(F)F)C(F)(F)F)C(C)c1cccc(-c2cc(OC)c3ncc(Cl)n3c2Cl)c1. The predicted molar refractivity (Wildman–Crippen MR) is 132 cm³/mol. The molecule has 0 spiro atoms. The van der Waals surface area contributed by atoms with Crippen LogP contribution < -0.4 is 10.1 Å². The number of amides is 2. The van der Waals surface area contributed by atoms with Gasteiger partial charge in [-0.1, -0.05) is 41.4 Å². The number of benzene rings is 1. The maximum atomic E-state index is 13.4. The highest BCUT2D eigenvalue weighted by molar-refractivity contribution is 6.34. The lowest BCUT2D eigenvalue weighted by Crippen LogP contribution is -2.51. The number of halogens is 8. The highest BCUT2D eigenvalue weighted by Crippen LogP contribution is 2.37. The van der Waals surface area contributed by atoms with E-state index in [1.165, 1.54) is 17.7 Å². The van der Waals surface area contributed by atoms with Gasteiger partial charge in [-0.2, -0.15) is 26.3 Å². The third-order valence-electron chi connectivity index (χ3n) is 6.01. The van der Waals surface area contributed by atoms with Crippen molar-refractivity contribution in [3.63, 3.8) is 0 Å². The number of nitrogens with one attached hydrogen (secondary N) is 1. The Morgan fingerprint density at radius 3 is 2.45 bits per heavy atom. The highest BCUT2D eigenvalue weighted by Gasteiger charge is 2.43. The molecule has 0 aliphatic heterocycles. The number of aromatic nitrogens is 2. The van der Waals surface area contributed by atoms with Crippen molar-refractivity contribution in [1.29, 1.82) is 0 Å². The zero-order valence-corrected chi connectivity index (χ0v) is 21.9. The van der Waals surface area contributed by atoms with Crippen molar-refractivity contribution in [3.05, 3.63) is 52.4 Å². The first-order valence-corrected chi connectivity index (χ1v) is 12.1. The molecule has 2 heterocycles. The van der Waals surface area contributed by atoms with E-state index < -0.39 is 43.3 Å². The average Bonchev–Trinajstić information content (AvgIpc) is 3.23. The molecule has 0 saturated carbocycles. The first-order valence-electron chi connectivity index (χ1n) is 11.4. The number of alkyl halides is 6. The van der Waals surface area contributed by atoms with Gasteiger partial charge in [-0.3, -0.25) is 4.40 Å². The van der Waals surface area contributed by atoms with Crippen molar-refractivity contribution >= 4 is 34.9 Å². The number of methoxy groups -OCH3 is 1. The maximum Gasteiger partial charge on any atom is 0.408 e. The van der Waals surface area contributed by atoms with E-state index in [0.29, 0.717) is 28.1 Å². The predicted octanol–water partition coefficient (Wildman–Crippen LogP) is 7.68. The molecular weight excluding hydrogens is 561 g/mol. The van der Waals surface area contributed by atoms with Crippen molar-refractivity contribution in [2.24, 2.45) is 0 Å². The molecule has 0 aliphatic rings. The molecule has 1 aromatic carbocycles. The number of hydrogen-bond donors (Lipinski definition) is 1. The minimum atomic E-state index is -5.05. The molecular formula is C24H24Cl2F6N4O2. The van der Waals surface area contributed by atoms with E-state index in [9.17, 15) is 31.1 Å². The standard InChI is InChI=1S/C24H24Cl2F6N4O2/c1-4-35(22(37)34-18(24(30,31)32)8-9-23(27,28)29)13(2)14-6-5-7-15(10-14)16-11-17(38-3)21-33-12-19(25)36(21)20(16)26/h5-7,10-13,18H,4,8-9H2,1-3H3,(H,34,37). The molecule has 1 N–H and O–H groups in total. The van der Waals surface area contributed by atoms with E-state index in [1.54, 1.807) is 49.5 Å². The fourth-order valence-corrected chi connectivity index (χ4v) is 4.61. The topological polar surface area (TPSA) is 58.9 Å². The van der Waals surface area contributed by atoms with Gasteiger partial charge < -0.3 is 15.0 Å². The second-order valence-corrected chi connectivity index (χ2v) is 9.19. The minimum absolute atomic E-state index is 0.00768. The van der Waals surface area contributed by atoms with Crippen LogP contribution in [-0.2, 0) is 0 Å². The molecule has 0 bridgehead atoms. The van der Waals surface area contributed by atoms with Gasteiger partial charge in [0.25, 0.3) is 0 Å². The summed E-state index contributed by atoms with van der Waals surface area (Å²) in [6.45, 7) is 3.14. The van der Waals surface area contributed by atoms with Crippen molar-refractivity contribution in [1.82, 2.24) is 19.6 Å². The molecule has 2 atom stereocenters. The largest absolute Gasteiger partial charge is 0.493 e. The Kier molecular flexibility index (Phi) is 8.97. The van der Waals surface area contributed by atoms with Crippen LogP contribution in [0.2, 0.25) is 10.3 Å². The summed E-state index contributed by atoms with van der Waals surface area (Å²) in [6, 6.07) is 3.91. The molecule has 38 heavy (non-hydrogen) atoms. The van der Waals surface area contributed by atoms with E-state index >= 15 is 0 Å². The molecule has 3 aromatic rings. The van der Waals surface area contributed by atoms with Gasteiger partial charge in [-0.15, -0.1) is 0 Å². The average molecular weight is 585 g/mol. The van der Waals surface area contributed by atoms with Crippen LogP contribution in [0.3, 0.4) is 0 Å². The third-order valence-corrected chi connectivity index (χ3v) is 6.65. The summed E-state index contributed by atoms with van der Waals surface area (Å²) < 4.78 is 84.6. The molecule has 0 radical (unpaired) electrons. The van der Waals surface area contributed by atoms with E-state index in [-0.39, 0.29) is 16.9 Å². The number of rotatable bonds is 8. The molecule has 0 aliphatic carbocycles. The van der Waals surface area contributed by atoms with Crippen LogP contribution in [0.1, 0.15) is 38.3 Å². The fourth-order valence-electron chi connectivity index (χ4n) is 4.02. The van der Waals surface area contributed by atoms with E-state index in [1.807, 2.05) is 0 Å². The number of pyridine rings is 1. The summed E-state index contributed by atoms with van der Waals surface area (Å²) in [5.41, 5.74) is 2.06. The Hall–Kier alpha value is -2.86. The van der Waals surface area contributed by atoms with Crippen molar-refractivity contribution in [2.45, 2.75) is 51.1 Å². The Morgan fingerprint density at radius 1 is 1.18 bits per heavy atom. The lowest BCUT2D eigenvalue weighted by Gasteiger charge is -2.31. The molecule has 2 aromatic heterocycles. The maximum absolute atomic E-state index is 13.4. The van der Waals surface area contributed by atoms with E-state index in [2.05, 4.69) is 4.98 Å². The normalized spacial score (nSPS) is 13.9. The van der Waals surface area contributed by atoms with Crippen LogP contribution in [0.25, 0.3) is 16.8 Å². The van der Waals surface area contributed by atoms with Crippen molar-refractivity contribution < 1.29 is 35.9 Å². The van der Waals surface area contributed by atoms with Gasteiger partial charge in [0.05, 0.1) is 19.3 Å². The number of hydrogen-bond acceptors (Lipinski definition) is 3. The number of carbonyl (C=O) groups is 1. The third kappa shape index (κ3) is 6.58. The van der Waals surface area contributed by atoms with Crippen molar-refractivity contribution in [2.75, 3.05) is 13.7 Å². The number of carbonyl (C=O) groups excluding carboxylic acids is 1. The molecule has 208 valence electrons. The summed E-state index contributed by atoms with van der Waals surface area (Å²) in [5, 5.41) is 2.20. The van der Waals surface area contributed by atoms with Gasteiger partial charge >= 0.3 is 18.4 Å². The minimum Gasteiger partial charge on any atom is -0.493 e. The highest BCUT2D eigenvalue weighted by atomic mass is 35.5. The Balaban J connectivity index is 1.91. The summed E-state index contributed by atoms with van der Waals surface area (Å²) in [7, 11) is 1.45. The van der Waals surface area contributed by atoms with E-state index in [4.69, 9.17) is 27.9 Å². The van der Waals surface area contributed by atoms with Gasteiger partial charge in [-0.05, 0) is 43.5 Å². The monoisotopic (exact) mass is 584 g/mol. The zero-order chi connectivity index (χ0) is 28.4. The number of urea groups is 1. The summed E-state index contributed by atoms with van der Waals surface area (Å²) >= 11 is 12.8. The molecule has 3 rings (SSSR count). The summed E-state index contributed by atoms with van der Waals surface area (Å²) in [6.07, 6.45) is -11.4. The lowest BCUT2D eigenvalue weighted by atomic mass is 10.00. The molecule has 0 saturated heterocycles. The second-order valence-electron chi connectivity index (χ2n) is 8.44.